The fourth-order valence-corrected chi connectivity index (χ4v) is 5.28. The van der Waals surface area contributed by atoms with E-state index >= 15 is 0 Å². The number of sulfonamides is 1. The number of ether oxygens (including phenoxy) is 1. The highest BCUT2D eigenvalue weighted by Crippen LogP contribution is 2.30. The van der Waals surface area contributed by atoms with Crippen molar-refractivity contribution in [3.05, 3.63) is 54.1 Å². The topological polar surface area (TPSA) is 134 Å². The fraction of sp³-hybridized carbons (Fsp3) is 0.333. The van der Waals surface area contributed by atoms with Crippen molar-refractivity contribution in [2.24, 2.45) is 10.3 Å². The maximum atomic E-state index is 12.7. The Morgan fingerprint density at radius 3 is 2.23 bits per heavy atom. The Morgan fingerprint density at radius 1 is 1.00 bits per heavy atom. The zero-order valence-corrected chi connectivity index (χ0v) is 20.2. The van der Waals surface area contributed by atoms with Gasteiger partial charge in [0.15, 0.2) is 11.9 Å². The summed E-state index contributed by atoms with van der Waals surface area (Å²) in [7, 11) is -3.70. The molecule has 2 aromatic carbocycles. The highest BCUT2D eigenvalue weighted by molar-refractivity contribution is 7.90. The third-order valence-corrected chi connectivity index (χ3v) is 7.20. The molecule has 0 saturated carbocycles. The van der Waals surface area contributed by atoms with Crippen molar-refractivity contribution in [3.8, 4) is 0 Å². The molecule has 0 aliphatic carbocycles. The Balaban J connectivity index is 1.29. The van der Waals surface area contributed by atoms with Crippen LogP contribution in [0.3, 0.4) is 0 Å². The second kappa shape index (κ2) is 9.87. The maximum absolute atomic E-state index is 12.7. The lowest BCUT2D eigenvalue weighted by Crippen LogP contribution is -2.41. The van der Waals surface area contributed by atoms with Gasteiger partial charge in [0.05, 0.1) is 5.92 Å². The number of likely N-dealkylation sites (tertiary alicyclic amines) is 1. The number of amides is 2. The Labute approximate surface area is 203 Å². The molecule has 0 bridgehead atoms. The summed E-state index contributed by atoms with van der Waals surface area (Å²) in [4.78, 5) is 38.3. The van der Waals surface area contributed by atoms with Gasteiger partial charge in [-0.15, -0.1) is 4.40 Å². The molecule has 2 heterocycles. The number of esters is 1. The summed E-state index contributed by atoms with van der Waals surface area (Å²) in [5, 5.41) is 5.32. The standard InChI is InChI=1S/C24H26N4O6S/c1-15(23(30)26-19-9-7-18(8-10-19)25-16(2)29)34-24(31)17-11-13-28(14-12-17)22-20-5-3-4-6-21(20)35(32,33)27-22/h3-10,15,17H,11-14H2,1-2H3,(H,25,29)(H,26,30)/t15-/m0/s1. The summed E-state index contributed by atoms with van der Waals surface area (Å²) < 4.78 is 34.0. The van der Waals surface area contributed by atoms with Crippen molar-refractivity contribution in [2.45, 2.75) is 37.7 Å². The molecule has 2 aliphatic heterocycles. The van der Waals surface area contributed by atoms with Crippen LogP contribution in [0.25, 0.3) is 0 Å². The molecule has 1 saturated heterocycles. The number of nitrogens with one attached hydrogen (secondary N) is 2. The van der Waals surface area contributed by atoms with Gasteiger partial charge in [0, 0.05) is 37.0 Å². The van der Waals surface area contributed by atoms with E-state index in [1.165, 1.54) is 19.9 Å². The quantitative estimate of drug-likeness (QED) is 0.605. The fourth-order valence-electron chi connectivity index (χ4n) is 4.05. The van der Waals surface area contributed by atoms with Crippen LogP contribution in [-0.4, -0.2) is 56.1 Å². The molecule has 35 heavy (non-hydrogen) atoms. The molecule has 2 aromatic rings. The molecular formula is C24H26N4O6S. The number of hydrogen-bond acceptors (Lipinski definition) is 7. The van der Waals surface area contributed by atoms with Gasteiger partial charge in [-0.2, -0.15) is 8.42 Å². The zero-order valence-electron chi connectivity index (χ0n) is 19.4. The minimum Gasteiger partial charge on any atom is -0.452 e. The Hall–Kier alpha value is -3.73. The molecular weight excluding hydrogens is 472 g/mol. The molecule has 2 N–H and O–H groups in total. The van der Waals surface area contributed by atoms with E-state index in [4.69, 9.17) is 4.74 Å². The Kier molecular flexibility index (Phi) is 6.88. The van der Waals surface area contributed by atoms with Gasteiger partial charge >= 0.3 is 5.97 Å². The van der Waals surface area contributed by atoms with Crippen molar-refractivity contribution >= 4 is 45.0 Å². The monoisotopic (exact) mass is 498 g/mol. The lowest BCUT2D eigenvalue weighted by molar-refractivity contribution is -0.158. The van der Waals surface area contributed by atoms with E-state index in [9.17, 15) is 22.8 Å². The molecule has 11 heteroatoms. The van der Waals surface area contributed by atoms with E-state index in [-0.39, 0.29) is 10.8 Å². The van der Waals surface area contributed by atoms with Crippen LogP contribution < -0.4 is 10.6 Å². The molecule has 0 spiro atoms. The van der Waals surface area contributed by atoms with E-state index < -0.39 is 33.9 Å². The van der Waals surface area contributed by atoms with Crippen molar-refractivity contribution in [2.75, 3.05) is 23.7 Å². The second-order valence-electron chi connectivity index (χ2n) is 8.47. The number of carbonyl (C=O) groups is 3. The van der Waals surface area contributed by atoms with Gasteiger partial charge in [-0.1, -0.05) is 12.1 Å². The van der Waals surface area contributed by atoms with Crippen molar-refractivity contribution in [3.63, 3.8) is 0 Å². The van der Waals surface area contributed by atoms with Crippen molar-refractivity contribution in [1.29, 1.82) is 0 Å². The summed E-state index contributed by atoms with van der Waals surface area (Å²) in [5.41, 5.74) is 1.68. The van der Waals surface area contributed by atoms with Gasteiger partial charge in [-0.3, -0.25) is 14.4 Å². The first-order valence-electron chi connectivity index (χ1n) is 11.2. The largest absolute Gasteiger partial charge is 0.452 e. The number of nitrogens with zero attached hydrogens (tertiary/aromatic N) is 2. The summed E-state index contributed by atoms with van der Waals surface area (Å²) in [6.07, 6.45) is -0.0790. The number of benzene rings is 2. The molecule has 2 aliphatic rings. The third kappa shape index (κ3) is 5.51. The number of piperidine rings is 1. The van der Waals surface area contributed by atoms with Gasteiger partial charge in [0.25, 0.3) is 15.9 Å². The number of hydrogen-bond donors (Lipinski definition) is 2. The SMILES string of the molecule is CC(=O)Nc1ccc(NC(=O)[C@H](C)OC(=O)C2CCN(C3=NS(=O)(=O)c4ccccc43)CC2)cc1. The predicted molar refractivity (Wildman–Crippen MR) is 129 cm³/mol. The van der Waals surface area contributed by atoms with Gasteiger partial charge < -0.3 is 20.3 Å². The van der Waals surface area contributed by atoms with Crippen molar-refractivity contribution in [1.82, 2.24) is 4.90 Å². The summed E-state index contributed by atoms with van der Waals surface area (Å²) in [6, 6.07) is 13.3. The van der Waals surface area contributed by atoms with Gasteiger partial charge in [-0.05, 0) is 56.2 Å². The first kappa shape index (κ1) is 24.4. The molecule has 2 amide bonds. The maximum Gasteiger partial charge on any atom is 0.309 e. The lowest BCUT2D eigenvalue weighted by atomic mass is 9.96. The Bertz CT molecular complexity index is 1280. The molecule has 10 nitrogen and oxygen atoms in total. The van der Waals surface area contributed by atoms with E-state index in [0.717, 1.165) is 0 Å². The van der Waals surface area contributed by atoms with Crippen LogP contribution in [-0.2, 0) is 29.1 Å². The average Bonchev–Trinajstić information content (AvgIpc) is 3.11. The number of fused-ring (bicyclic) bond motifs is 1. The summed E-state index contributed by atoms with van der Waals surface area (Å²) in [5.74, 6) is -1.11. The molecule has 0 aromatic heterocycles. The average molecular weight is 499 g/mol. The minimum atomic E-state index is -3.70. The van der Waals surface area contributed by atoms with Crippen LogP contribution in [0.5, 0.6) is 0 Å². The minimum absolute atomic E-state index is 0.195. The van der Waals surface area contributed by atoms with Gasteiger partial charge in [-0.25, -0.2) is 0 Å². The second-order valence-corrected chi connectivity index (χ2v) is 10.0. The number of rotatable bonds is 5. The van der Waals surface area contributed by atoms with Crippen LogP contribution in [0.15, 0.2) is 57.8 Å². The third-order valence-electron chi connectivity index (χ3n) is 5.88. The number of anilines is 2. The number of carbonyl (C=O) groups excluding carboxylic acids is 3. The van der Waals surface area contributed by atoms with E-state index in [1.807, 2.05) is 4.90 Å². The smallest absolute Gasteiger partial charge is 0.309 e. The first-order valence-corrected chi connectivity index (χ1v) is 12.7. The van der Waals surface area contributed by atoms with E-state index in [1.54, 1.807) is 42.5 Å². The highest BCUT2D eigenvalue weighted by atomic mass is 32.2. The molecule has 0 radical (unpaired) electrons. The van der Waals surface area contributed by atoms with Crippen LogP contribution >= 0.6 is 0 Å². The zero-order chi connectivity index (χ0) is 25.2. The van der Waals surface area contributed by atoms with Crippen LogP contribution in [0, 0.1) is 5.92 Å². The molecule has 1 fully saturated rings. The highest BCUT2D eigenvalue weighted by Gasteiger charge is 2.35. The summed E-state index contributed by atoms with van der Waals surface area (Å²) in [6.45, 7) is 3.80. The molecule has 0 unspecified atom stereocenters. The number of amidine groups is 1. The molecule has 4 rings (SSSR count). The van der Waals surface area contributed by atoms with Crippen LogP contribution in [0.1, 0.15) is 32.3 Å². The Morgan fingerprint density at radius 2 is 1.60 bits per heavy atom. The van der Waals surface area contributed by atoms with Crippen LogP contribution in [0.2, 0.25) is 0 Å². The van der Waals surface area contributed by atoms with E-state index in [0.29, 0.717) is 48.7 Å². The van der Waals surface area contributed by atoms with Gasteiger partial charge in [0.1, 0.15) is 4.90 Å². The normalized spacial score (nSPS) is 17.7. The van der Waals surface area contributed by atoms with Gasteiger partial charge in [0.2, 0.25) is 5.91 Å². The molecule has 1 atom stereocenters. The van der Waals surface area contributed by atoms with Crippen molar-refractivity contribution < 1.29 is 27.5 Å². The lowest BCUT2D eigenvalue weighted by Gasteiger charge is -2.32. The molecule has 184 valence electrons. The summed E-state index contributed by atoms with van der Waals surface area (Å²) >= 11 is 0. The van der Waals surface area contributed by atoms with Crippen LogP contribution in [0.4, 0.5) is 11.4 Å². The van der Waals surface area contributed by atoms with E-state index in [2.05, 4.69) is 15.0 Å². The first-order chi connectivity index (χ1) is 16.6. The predicted octanol–water partition coefficient (Wildman–Crippen LogP) is 2.38.